The van der Waals surface area contributed by atoms with E-state index >= 15 is 0 Å². The molecule has 0 saturated carbocycles. The van der Waals surface area contributed by atoms with Crippen molar-refractivity contribution in [1.82, 2.24) is 9.78 Å². The third-order valence-corrected chi connectivity index (χ3v) is 13.4. The number of hydrogen-bond donors (Lipinski definition) is 1. The smallest absolute Gasteiger partial charge is 0.339 e. The van der Waals surface area contributed by atoms with Crippen LogP contribution in [0.25, 0.3) is 5.69 Å². The molecule has 0 spiro atoms. The molecule has 0 unspecified atom stereocenters. The Hall–Kier alpha value is -6.85. The zero-order valence-corrected chi connectivity index (χ0v) is 33.9. The van der Waals surface area contributed by atoms with Crippen molar-refractivity contribution in [3.63, 3.8) is 0 Å². The zero-order valence-electron chi connectivity index (χ0n) is 32.3. The van der Waals surface area contributed by atoms with Crippen LogP contribution in [0.15, 0.2) is 129 Å². The molecule has 0 fully saturated rings. The summed E-state index contributed by atoms with van der Waals surface area (Å²) in [4.78, 5) is 31.1. The van der Waals surface area contributed by atoms with Crippen LogP contribution in [0.5, 0.6) is 11.5 Å². The van der Waals surface area contributed by atoms with Crippen molar-refractivity contribution in [1.29, 1.82) is 0 Å². The van der Waals surface area contributed by atoms with Gasteiger partial charge in [-0.25, -0.2) is 18.1 Å². The predicted octanol–water partition coefficient (Wildman–Crippen LogP) is 7.72. The van der Waals surface area contributed by atoms with Gasteiger partial charge in [0.25, 0.3) is 11.6 Å². The molecule has 6 aromatic rings. The Morgan fingerprint density at radius 3 is 2.19 bits per heavy atom. The Labute approximate surface area is 339 Å². The third kappa shape index (κ3) is 6.76. The number of nitrogens with one attached hydrogen (secondary N) is 1. The number of nitrogens with zero attached hydrogens (tertiary/aromatic N) is 5. The fraction of sp³-hybridized carbons (Fsp3) is 0.167. The van der Waals surface area contributed by atoms with Gasteiger partial charge in [-0.15, -0.1) is 0 Å². The molecule has 8 rings (SSSR count). The van der Waals surface area contributed by atoms with E-state index in [-0.39, 0.29) is 43.5 Å². The number of amides is 1. The van der Waals surface area contributed by atoms with Gasteiger partial charge in [-0.3, -0.25) is 14.9 Å². The number of carbonyl (C=O) groups is 1. The summed E-state index contributed by atoms with van der Waals surface area (Å²) in [6, 6.07) is 27.6. The molecule has 0 radical (unpaired) electrons. The fourth-order valence-corrected chi connectivity index (χ4v) is 9.68. The molecule has 0 bridgehead atoms. The van der Waals surface area contributed by atoms with Crippen molar-refractivity contribution < 1.29 is 35.5 Å². The van der Waals surface area contributed by atoms with Gasteiger partial charge in [-0.05, 0) is 97.1 Å². The molecule has 2 aliphatic heterocycles. The summed E-state index contributed by atoms with van der Waals surface area (Å²) < 4.78 is 67.0. The van der Waals surface area contributed by atoms with Crippen LogP contribution < -0.4 is 19.1 Å². The number of amidine groups is 1. The number of aliphatic imine (C=N–C) groups is 1. The van der Waals surface area contributed by atoms with E-state index in [1.807, 2.05) is 38.1 Å². The topological polar surface area (TPSA) is 192 Å². The van der Waals surface area contributed by atoms with E-state index in [1.54, 1.807) is 65.0 Å². The summed E-state index contributed by atoms with van der Waals surface area (Å²) in [6.07, 6.45) is 0. The highest BCUT2D eigenvalue weighted by atomic mass is 32.2. The molecule has 300 valence electrons. The van der Waals surface area contributed by atoms with Crippen molar-refractivity contribution >= 4 is 54.6 Å². The summed E-state index contributed by atoms with van der Waals surface area (Å²) in [5, 5.41) is 19.2. The van der Waals surface area contributed by atoms with E-state index in [0.29, 0.717) is 39.7 Å². The third-order valence-electron chi connectivity index (χ3n) is 10.3. The van der Waals surface area contributed by atoms with Gasteiger partial charge >= 0.3 is 10.1 Å². The number of rotatable bonds is 10. The van der Waals surface area contributed by atoms with E-state index in [2.05, 4.69) is 5.32 Å². The second-order valence-corrected chi connectivity index (χ2v) is 17.8. The van der Waals surface area contributed by atoms with Crippen LogP contribution in [0.4, 0.5) is 22.9 Å². The average molecular weight is 833 g/mol. The van der Waals surface area contributed by atoms with Crippen LogP contribution in [0.1, 0.15) is 53.8 Å². The minimum absolute atomic E-state index is 0.0233. The first-order valence-corrected chi connectivity index (χ1v) is 21.2. The number of methoxy groups -OCH3 is 1. The molecule has 0 saturated heterocycles. The van der Waals surface area contributed by atoms with Gasteiger partial charge < -0.3 is 19.1 Å². The van der Waals surface area contributed by atoms with Crippen LogP contribution in [0, 0.1) is 24.0 Å². The molecule has 1 atom stereocenters. The second kappa shape index (κ2) is 14.5. The van der Waals surface area contributed by atoms with Gasteiger partial charge in [-0.2, -0.15) is 13.5 Å². The normalized spacial score (nSPS) is 14.8. The number of ether oxygens (including phenoxy) is 1. The lowest BCUT2D eigenvalue weighted by molar-refractivity contribution is -0.385. The van der Waals surface area contributed by atoms with Crippen molar-refractivity contribution in [2.45, 2.75) is 54.3 Å². The van der Waals surface area contributed by atoms with Gasteiger partial charge in [-0.1, -0.05) is 50.2 Å². The quantitative estimate of drug-likeness (QED) is 0.0807. The number of nitro benzene ring substituents is 1. The van der Waals surface area contributed by atoms with Gasteiger partial charge in [0.1, 0.15) is 4.90 Å². The predicted molar refractivity (Wildman–Crippen MR) is 219 cm³/mol. The largest absolute Gasteiger partial charge is 0.493 e. The van der Waals surface area contributed by atoms with Gasteiger partial charge in [0.15, 0.2) is 17.3 Å². The standard InChI is InChI=1S/C42H36N6O9S2/c1-24(2)27-11-17-31(18-12-27)58(52,53)32-19-15-29(16-20-32)47-40-38(26(4)45-47)39(46-34-9-7-6-8-33(34)43-42(49)41(46)44-40)28-13-21-35(36(22-28)56-5)57-59(54,55)37-23-30(48(50)51)14-10-25(37)3/h6-24,39H,1-5H3,(H,43,49)/t39-/m1/s1. The highest BCUT2D eigenvalue weighted by Gasteiger charge is 2.43. The molecule has 17 heteroatoms. The van der Waals surface area contributed by atoms with Crippen molar-refractivity contribution in [3.8, 4) is 17.2 Å². The molecule has 5 aromatic carbocycles. The molecule has 1 aromatic heterocycles. The summed E-state index contributed by atoms with van der Waals surface area (Å²) in [5.74, 6) is -0.0273. The highest BCUT2D eigenvalue weighted by Crippen LogP contribution is 2.49. The lowest BCUT2D eigenvalue weighted by Crippen LogP contribution is -2.48. The van der Waals surface area contributed by atoms with Gasteiger partial charge in [0.05, 0.1) is 50.6 Å². The van der Waals surface area contributed by atoms with Crippen molar-refractivity contribution in [3.05, 3.63) is 147 Å². The summed E-state index contributed by atoms with van der Waals surface area (Å²) in [6.45, 7) is 7.36. The van der Waals surface area contributed by atoms with Crippen LogP contribution in [-0.4, -0.2) is 50.4 Å². The summed E-state index contributed by atoms with van der Waals surface area (Å²) >= 11 is 0. The number of aryl methyl sites for hydroxylation is 2. The Kier molecular flexibility index (Phi) is 9.59. The lowest BCUT2D eigenvalue weighted by atomic mass is 9.93. The van der Waals surface area contributed by atoms with Gasteiger partial charge in [0.2, 0.25) is 15.7 Å². The van der Waals surface area contributed by atoms with Crippen LogP contribution in [0.3, 0.4) is 0 Å². The minimum atomic E-state index is -4.57. The number of nitro groups is 1. The lowest BCUT2D eigenvalue weighted by Gasteiger charge is -2.40. The maximum Gasteiger partial charge on any atom is 0.339 e. The zero-order chi connectivity index (χ0) is 42.0. The van der Waals surface area contributed by atoms with Gasteiger partial charge in [0, 0.05) is 17.7 Å². The van der Waals surface area contributed by atoms with E-state index in [1.165, 1.54) is 44.4 Å². The summed E-state index contributed by atoms with van der Waals surface area (Å²) in [5.41, 5.74) is 4.20. The maximum atomic E-state index is 13.8. The van der Waals surface area contributed by atoms with Crippen LogP contribution in [0.2, 0.25) is 0 Å². The molecule has 15 nitrogen and oxygen atoms in total. The van der Waals surface area contributed by atoms with E-state index in [9.17, 15) is 31.7 Å². The molecule has 3 heterocycles. The Morgan fingerprint density at radius 1 is 0.847 bits per heavy atom. The Bertz CT molecular complexity index is 2960. The number of aromatic nitrogens is 2. The number of hydrogen-bond acceptors (Lipinski definition) is 12. The fourth-order valence-electron chi connectivity index (χ4n) is 7.23. The number of benzene rings is 5. The molecule has 2 aliphatic rings. The molecule has 1 N–H and O–H groups in total. The first-order chi connectivity index (χ1) is 28.1. The Morgan fingerprint density at radius 2 is 1.53 bits per heavy atom. The monoisotopic (exact) mass is 832 g/mol. The number of fused-ring (bicyclic) bond motifs is 4. The number of anilines is 2. The average Bonchev–Trinajstić information content (AvgIpc) is 3.55. The SMILES string of the molecule is COc1cc([C@@H]2c3c(C)nn(-c4ccc(S(=O)(=O)c5ccc(C(C)C)cc5)cc4)c3N=C3C(=O)Nc4ccccc4N32)ccc1OS(=O)(=O)c1cc([N+](=O)[O-])ccc1C. The molecular formula is C42H36N6O9S2. The minimum Gasteiger partial charge on any atom is -0.493 e. The van der Waals surface area contributed by atoms with E-state index in [0.717, 1.165) is 11.6 Å². The first kappa shape index (κ1) is 39.0. The second-order valence-electron chi connectivity index (χ2n) is 14.3. The highest BCUT2D eigenvalue weighted by molar-refractivity contribution is 7.91. The first-order valence-electron chi connectivity index (χ1n) is 18.3. The van der Waals surface area contributed by atoms with Crippen molar-refractivity contribution in [2.75, 3.05) is 17.3 Å². The molecule has 1 amide bonds. The number of carbonyl (C=O) groups excluding carboxylic acids is 1. The summed E-state index contributed by atoms with van der Waals surface area (Å²) in [7, 11) is -7.07. The van der Waals surface area contributed by atoms with Crippen molar-refractivity contribution in [2.24, 2.45) is 4.99 Å². The Balaban J connectivity index is 1.22. The molecule has 59 heavy (non-hydrogen) atoms. The number of sulfone groups is 1. The van der Waals surface area contributed by atoms with E-state index < -0.39 is 42.5 Å². The molecule has 0 aliphatic carbocycles. The maximum absolute atomic E-state index is 13.8. The number of non-ortho nitro benzene ring substituents is 1. The van der Waals surface area contributed by atoms with E-state index in [4.69, 9.17) is 19.0 Å². The van der Waals surface area contributed by atoms with Crippen LogP contribution in [-0.2, 0) is 24.7 Å². The molecular weight excluding hydrogens is 797 g/mol. The number of para-hydroxylation sites is 2. The van der Waals surface area contributed by atoms with Crippen LogP contribution >= 0.6 is 0 Å².